The van der Waals surface area contributed by atoms with E-state index in [2.05, 4.69) is 26.1 Å². The number of benzene rings is 1. The van der Waals surface area contributed by atoms with Crippen molar-refractivity contribution < 1.29 is 9.18 Å². The summed E-state index contributed by atoms with van der Waals surface area (Å²) in [4.78, 5) is 14.2. The first-order valence-electron chi connectivity index (χ1n) is 7.22. The van der Waals surface area contributed by atoms with E-state index in [9.17, 15) is 9.18 Å². The average molecular weight is 358 g/mol. The highest BCUT2D eigenvalue weighted by Gasteiger charge is 2.26. The van der Waals surface area contributed by atoms with Gasteiger partial charge in [0.25, 0.3) is 0 Å². The van der Waals surface area contributed by atoms with E-state index in [0.29, 0.717) is 4.47 Å². The van der Waals surface area contributed by atoms with Crippen LogP contribution in [0.2, 0.25) is 0 Å². The largest absolute Gasteiger partial charge is 0.327 e. The number of nitrogens with zero attached hydrogens (tertiary/aromatic N) is 1. The van der Waals surface area contributed by atoms with Gasteiger partial charge in [-0.1, -0.05) is 22.4 Å². The number of piperidine rings is 1. The Morgan fingerprint density at radius 1 is 1.57 bits per heavy atom. The fraction of sp³-hybridized carbons (Fsp3) is 0.533. The van der Waals surface area contributed by atoms with Gasteiger partial charge in [0.2, 0.25) is 5.91 Å². The van der Waals surface area contributed by atoms with Gasteiger partial charge in [0.05, 0.1) is 12.2 Å². The number of carbonyl (C=O) groups excluding carboxylic acids is 1. The molecule has 1 heterocycles. The maximum atomic E-state index is 13.7. The molecule has 2 atom stereocenters. The number of nitrogens with two attached hydrogens (primary N) is 1. The second-order valence-electron chi connectivity index (χ2n) is 5.57. The van der Waals surface area contributed by atoms with Crippen molar-refractivity contribution in [3.8, 4) is 0 Å². The fourth-order valence-corrected chi connectivity index (χ4v) is 3.11. The van der Waals surface area contributed by atoms with E-state index in [4.69, 9.17) is 5.73 Å². The van der Waals surface area contributed by atoms with Crippen molar-refractivity contribution >= 4 is 27.5 Å². The number of carbonyl (C=O) groups is 1. The summed E-state index contributed by atoms with van der Waals surface area (Å²) in [5, 5.41) is 2.63. The van der Waals surface area contributed by atoms with Gasteiger partial charge in [-0.25, -0.2) is 4.39 Å². The second kappa shape index (κ2) is 7.33. The predicted octanol–water partition coefficient (Wildman–Crippen LogP) is 2.73. The van der Waals surface area contributed by atoms with E-state index in [1.165, 1.54) is 6.07 Å². The Morgan fingerprint density at radius 3 is 3.00 bits per heavy atom. The molecule has 0 radical (unpaired) electrons. The van der Waals surface area contributed by atoms with Gasteiger partial charge in [0.15, 0.2) is 0 Å². The predicted molar refractivity (Wildman–Crippen MR) is 85.6 cm³/mol. The lowest BCUT2D eigenvalue weighted by Gasteiger charge is -2.37. The molecule has 1 fully saturated rings. The normalized spacial score (nSPS) is 21.0. The van der Waals surface area contributed by atoms with Crippen LogP contribution >= 0.6 is 15.9 Å². The molecule has 2 unspecified atom stereocenters. The van der Waals surface area contributed by atoms with Crippen LogP contribution in [0.25, 0.3) is 0 Å². The molecule has 0 aliphatic carbocycles. The van der Waals surface area contributed by atoms with Crippen LogP contribution in [-0.2, 0) is 4.79 Å². The number of nitrogens with one attached hydrogen (secondary N) is 1. The molecule has 2 rings (SSSR count). The van der Waals surface area contributed by atoms with Gasteiger partial charge in [0, 0.05) is 16.6 Å². The van der Waals surface area contributed by atoms with E-state index < -0.39 is 5.82 Å². The average Bonchev–Trinajstić information content (AvgIpc) is 2.42. The maximum Gasteiger partial charge on any atom is 0.238 e. The highest BCUT2D eigenvalue weighted by Crippen LogP contribution is 2.21. The van der Waals surface area contributed by atoms with Crippen molar-refractivity contribution in [2.75, 3.05) is 18.4 Å². The van der Waals surface area contributed by atoms with E-state index in [0.717, 1.165) is 25.8 Å². The first-order valence-corrected chi connectivity index (χ1v) is 8.01. The number of amides is 1. The summed E-state index contributed by atoms with van der Waals surface area (Å²) in [5.74, 6) is -0.649. The molecule has 0 bridgehead atoms. The minimum atomic E-state index is -0.444. The van der Waals surface area contributed by atoms with Crippen LogP contribution in [0.15, 0.2) is 22.7 Å². The highest BCUT2D eigenvalue weighted by atomic mass is 79.9. The van der Waals surface area contributed by atoms with Crippen LogP contribution in [-0.4, -0.2) is 36.0 Å². The van der Waals surface area contributed by atoms with E-state index in [1.807, 2.05) is 6.92 Å². The van der Waals surface area contributed by atoms with E-state index in [1.54, 1.807) is 12.1 Å². The number of hydrogen-bond donors (Lipinski definition) is 2. The maximum absolute atomic E-state index is 13.7. The standard InChI is InChI=1S/C15H21BrFN3O/c1-10(18)14-4-2-3-7-20(14)9-15(21)19-13-6-5-11(16)8-12(13)17/h5-6,8,10,14H,2-4,7,9,18H2,1H3,(H,19,21). The lowest BCUT2D eigenvalue weighted by atomic mass is 9.97. The molecule has 21 heavy (non-hydrogen) atoms. The van der Waals surface area contributed by atoms with Gasteiger partial charge < -0.3 is 11.1 Å². The summed E-state index contributed by atoms with van der Waals surface area (Å²) < 4.78 is 14.4. The van der Waals surface area contributed by atoms with Crippen LogP contribution in [0.1, 0.15) is 26.2 Å². The lowest BCUT2D eigenvalue weighted by molar-refractivity contribution is -0.118. The van der Waals surface area contributed by atoms with Crippen LogP contribution in [0, 0.1) is 5.82 Å². The minimum absolute atomic E-state index is 0.0301. The summed E-state index contributed by atoms with van der Waals surface area (Å²) in [7, 11) is 0. The Kier molecular flexibility index (Phi) is 5.72. The summed E-state index contributed by atoms with van der Waals surface area (Å²) in [5.41, 5.74) is 6.19. The van der Waals surface area contributed by atoms with Crippen LogP contribution in [0.3, 0.4) is 0 Å². The summed E-state index contributed by atoms with van der Waals surface area (Å²) in [6.45, 7) is 3.08. The van der Waals surface area contributed by atoms with E-state index in [-0.39, 0.29) is 30.2 Å². The van der Waals surface area contributed by atoms with Gasteiger partial charge in [-0.2, -0.15) is 0 Å². The Hall–Kier alpha value is -0.980. The van der Waals surface area contributed by atoms with Crippen molar-refractivity contribution in [2.24, 2.45) is 5.73 Å². The highest BCUT2D eigenvalue weighted by molar-refractivity contribution is 9.10. The molecule has 1 aliphatic heterocycles. The monoisotopic (exact) mass is 357 g/mol. The zero-order chi connectivity index (χ0) is 15.4. The van der Waals surface area contributed by atoms with Gasteiger partial charge >= 0.3 is 0 Å². The zero-order valence-electron chi connectivity index (χ0n) is 12.1. The first kappa shape index (κ1) is 16.4. The molecule has 1 aromatic carbocycles. The molecule has 0 aromatic heterocycles. The number of likely N-dealkylation sites (tertiary alicyclic amines) is 1. The number of hydrogen-bond acceptors (Lipinski definition) is 3. The minimum Gasteiger partial charge on any atom is -0.327 e. The zero-order valence-corrected chi connectivity index (χ0v) is 13.7. The van der Waals surface area contributed by atoms with Crippen molar-refractivity contribution in [1.29, 1.82) is 0 Å². The molecule has 0 spiro atoms. The number of rotatable bonds is 4. The molecule has 1 amide bonds. The fourth-order valence-electron chi connectivity index (χ4n) is 2.77. The Balaban J connectivity index is 1.97. The SMILES string of the molecule is CC(N)C1CCCCN1CC(=O)Nc1ccc(Br)cc1F. The van der Waals surface area contributed by atoms with Gasteiger partial charge in [-0.15, -0.1) is 0 Å². The van der Waals surface area contributed by atoms with Gasteiger partial charge in [-0.3, -0.25) is 9.69 Å². The smallest absolute Gasteiger partial charge is 0.238 e. The van der Waals surface area contributed by atoms with Crippen LogP contribution < -0.4 is 11.1 Å². The Labute approximate surface area is 133 Å². The Morgan fingerprint density at radius 2 is 2.33 bits per heavy atom. The van der Waals surface area contributed by atoms with Gasteiger partial charge in [-0.05, 0) is 44.5 Å². The molecule has 1 aromatic rings. The number of anilines is 1. The first-order chi connectivity index (χ1) is 9.97. The third-order valence-electron chi connectivity index (χ3n) is 3.82. The number of halogens is 2. The van der Waals surface area contributed by atoms with E-state index >= 15 is 0 Å². The third kappa shape index (κ3) is 4.49. The second-order valence-corrected chi connectivity index (χ2v) is 6.48. The lowest BCUT2D eigenvalue weighted by Crippen LogP contribution is -2.51. The van der Waals surface area contributed by atoms with Crippen LogP contribution in [0.4, 0.5) is 10.1 Å². The van der Waals surface area contributed by atoms with Crippen LogP contribution in [0.5, 0.6) is 0 Å². The summed E-state index contributed by atoms with van der Waals surface area (Å²) >= 11 is 3.19. The molecule has 4 nitrogen and oxygen atoms in total. The topological polar surface area (TPSA) is 58.4 Å². The van der Waals surface area contributed by atoms with Crippen molar-refractivity contribution in [3.63, 3.8) is 0 Å². The molecule has 1 aliphatic rings. The summed E-state index contributed by atoms with van der Waals surface area (Å²) in [6, 6.07) is 4.84. The molecule has 1 saturated heterocycles. The Bertz CT molecular complexity index is 510. The molecule has 0 saturated carbocycles. The molecule has 6 heteroatoms. The quantitative estimate of drug-likeness (QED) is 0.870. The van der Waals surface area contributed by atoms with Crippen molar-refractivity contribution in [2.45, 2.75) is 38.3 Å². The van der Waals surface area contributed by atoms with Crippen molar-refractivity contribution in [3.05, 3.63) is 28.5 Å². The molecule has 3 N–H and O–H groups in total. The molecule has 116 valence electrons. The summed E-state index contributed by atoms with van der Waals surface area (Å²) in [6.07, 6.45) is 3.23. The third-order valence-corrected chi connectivity index (χ3v) is 4.32. The molecular weight excluding hydrogens is 337 g/mol. The van der Waals surface area contributed by atoms with Crippen molar-refractivity contribution in [1.82, 2.24) is 4.90 Å². The van der Waals surface area contributed by atoms with Gasteiger partial charge in [0.1, 0.15) is 5.82 Å². The molecular formula is C15H21BrFN3O.